The highest BCUT2D eigenvalue weighted by Crippen LogP contribution is 2.31. The van der Waals surface area contributed by atoms with Crippen LogP contribution in [0.25, 0.3) is 0 Å². The molecule has 0 aromatic carbocycles. The lowest BCUT2D eigenvalue weighted by Gasteiger charge is -2.36. The minimum absolute atomic E-state index is 0.239. The Morgan fingerprint density at radius 1 is 0.979 bits per heavy atom. The molecule has 1 saturated heterocycles. The minimum atomic E-state index is -1.17. The monoisotopic (exact) mass is 673 g/mol. The number of urea groups is 1. The van der Waals surface area contributed by atoms with Gasteiger partial charge < -0.3 is 31.3 Å². The standard InChI is InChI=1S/C28H41N5O7.C5H10.C3H8/c1-8-17-12-19(13-18(17)9-2)40-20(34)14-30-27(39)32-23(28(5,6)7)26(38)33-11-10-15(3)21(33)25(37)31-16(4)22(35)24(29)36;1-5-3-2-4-5;1-3-2/h8-9,15-16,19,21,23H,1-2,10-14H2,3-7H3,(H2,29,36)(H,31,37)(H2,30,32,39);5H,2-4H2,1H3;3H2,1-2H3/t15-,16?,21?,23?;;/m0../s1. The van der Waals surface area contributed by atoms with Gasteiger partial charge >= 0.3 is 12.0 Å². The van der Waals surface area contributed by atoms with Crippen molar-refractivity contribution in [3.63, 3.8) is 0 Å². The van der Waals surface area contributed by atoms with Crippen LogP contribution in [0, 0.1) is 17.3 Å². The number of carbonyl (C=O) groups excluding carboxylic acids is 6. The van der Waals surface area contributed by atoms with Crippen molar-refractivity contribution in [2.75, 3.05) is 13.1 Å². The van der Waals surface area contributed by atoms with E-state index in [0.717, 1.165) is 17.1 Å². The van der Waals surface area contributed by atoms with Crippen LogP contribution < -0.4 is 21.7 Å². The lowest BCUT2D eigenvalue weighted by molar-refractivity contribution is -0.147. The number of nitrogens with one attached hydrogen (secondary N) is 3. The van der Waals surface area contributed by atoms with Crippen LogP contribution in [-0.2, 0) is 28.7 Å². The van der Waals surface area contributed by atoms with Gasteiger partial charge in [-0.25, -0.2) is 4.79 Å². The summed E-state index contributed by atoms with van der Waals surface area (Å²) in [5.74, 6) is -3.01. The summed E-state index contributed by atoms with van der Waals surface area (Å²) in [7, 11) is 0. The number of ketones is 1. The van der Waals surface area contributed by atoms with Crippen molar-refractivity contribution < 1.29 is 33.5 Å². The molecule has 5 amide bonds. The molecule has 0 bridgehead atoms. The summed E-state index contributed by atoms with van der Waals surface area (Å²) in [4.78, 5) is 76.2. The molecule has 1 saturated carbocycles. The molecule has 2 fully saturated rings. The molecule has 1 heterocycles. The van der Waals surface area contributed by atoms with E-state index in [1.165, 1.54) is 37.5 Å². The molecule has 0 aromatic rings. The van der Waals surface area contributed by atoms with Crippen LogP contribution in [0.1, 0.15) is 100 Å². The Morgan fingerprint density at radius 3 is 1.92 bits per heavy atom. The summed E-state index contributed by atoms with van der Waals surface area (Å²) in [5, 5.41) is 7.53. The third-order valence-electron chi connectivity index (χ3n) is 8.52. The van der Waals surface area contributed by atoms with E-state index in [4.69, 9.17) is 10.5 Å². The van der Waals surface area contributed by atoms with Gasteiger partial charge in [0, 0.05) is 19.4 Å². The molecule has 1 aliphatic heterocycles. The molecule has 0 spiro atoms. The van der Waals surface area contributed by atoms with Gasteiger partial charge in [-0.2, -0.15) is 0 Å². The Kier molecular flexibility index (Phi) is 17.3. The van der Waals surface area contributed by atoms with Crippen LogP contribution in [0.5, 0.6) is 0 Å². The number of nitrogens with zero attached hydrogens (tertiary/aromatic N) is 1. The fourth-order valence-electron chi connectivity index (χ4n) is 5.50. The van der Waals surface area contributed by atoms with E-state index in [-0.39, 0.29) is 18.6 Å². The molecular weight excluding hydrogens is 614 g/mol. The second kappa shape index (κ2) is 19.8. The number of hydrogen-bond acceptors (Lipinski definition) is 7. The Bertz CT molecular complexity index is 1200. The van der Waals surface area contributed by atoms with Gasteiger partial charge in [-0.05, 0) is 41.7 Å². The van der Waals surface area contributed by atoms with Crippen molar-refractivity contribution in [3.8, 4) is 0 Å². The average Bonchev–Trinajstić information content (AvgIpc) is 3.59. The molecule has 270 valence electrons. The molecule has 0 aromatic heterocycles. The second-order valence-corrected chi connectivity index (χ2v) is 14.0. The topological polar surface area (TPSA) is 177 Å². The summed E-state index contributed by atoms with van der Waals surface area (Å²) < 4.78 is 5.45. The zero-order chi connectivity index (χ0) is 36.8. The molecular formula is C36H59N5O7. The molecule has 3 unspecified atom stereocenters. The molecule has 3 aliphatic rings. The Labute approximate surface area is 286 Å². The van der Waals surface area contributed by atoms with Crippen molar-refractivity contribution in [1.29, 1.82) is 0 Å². The molecule has 2 aliphatic carbocycles. The van der Waals surface area contributed by atoms with Crippen LogP contribution in [-0.4, -0.2) is 77.7 Å². The minimum Gasteiger partial charge on any atom is -0.460 e. The van der Waals surface area contributed by atoms with Gasteiger partial charge in [0.25, 0.3) is 5.91 Å². The smallest absolute Gasteiger partial charge is 0.325 e. The molecule has 12 heteroatoms. The van der Waals surface area contributed by atoms with E-state index in [1.807, 2.05) is 0 Å². The Balaban J connectivity index is 0.00000127. The molecule has 3 rings (SSSR count). The van der Waals surface area contributed by atoms with Gasteiger partial charge in [0.2, 0.25) is 17.6 Å². The van der Waals surface area contributed by atoms with Crippen LogP contribution in [0.4, 0.5) is 4.79 Å². The maximum absolute atomic E-state index is 13.7. The number of amides is 5. The summed E-state index contributed by atoms with van der Waals surface area (Å²) in [6.07, 6.45) is 10.3. The molecule has 48 heavy (non-hydrogen) atoms. The Hall–Kier alpha value is -3.96. The number of primary amides is 1. The number of likely N-dealkylation sites (tertiary alicyclic amines) is 1. The van der Waals surface area contributed by atoms with Crippen LogP contribution in [0.2, 0.25) is 0 Å². The largest absolute Gasteiger partial charge is 0.460 e. The van der Waals surface area contributed by atoms with Gasteiger partial charge in [0.1, 0.15) is 24.7 Å². The first-order valence-corrected chi connectivity index (χ1v) is 17.1. The van der Waals surface area contributed by atoms with Gasteiger partial charge in [-0.15, -0.1) is 0 Å². The van der Waals surface area contributed by atoms with Gasteiger partial charge in [0.15, 0.2) is 0 Å². The molecule has 5 N–H and O–H groups in total. The van der Waals surface area contributed by atoms with Crippen LogP contribution >= 0.6 is 0 Å². The highest BCUT2D eigenvalue weighted by molar-refractivity contribution is 6.37. The van der Waals surface area contributed by atoms with Crippen molar-refractivity contribution in [1.82, 2.24) is 20.9 Å². The summed E-state index contributed by atoms with van der Waals surface area (Å²) in [6.45, 7) is 22.3. The fourth-order valence-corrected chi connectivity index (χ4v) is 5.50. The number of ether oxygens (including phenoxy) is 1. The maximum atomic E-state index is 13.7. The third-order valence-corrected chi connectivity index (χ3v) is 8.52. The number of allylic oxidation sites excluding steroid dienone is 2. The third kappa shape index (κ3) is 12.9. The van der Waals surface area contributed by atoms with E-state index in [9.17, 15) is 28.8 Å². The first kappa shape index (κ1) is 42.1. The predicted molar refractivity (Wildman–Crippen MR) is 186 cm³/mol. The highest BCUT2D eigenvalue weighted by Gasteiger charge is 2.45. The first-order chi connectivity index (χ1) is 22.4. The first-order valence-electron chi connectivity index (χ1n) is 17.1. The van der Waals surface area contributed by atoms with E-state index in [0.29, 0.717) is 19.3 Å². The zero-order valence-corrected chi connectivity index (χ0v) is 30.3. The quantitative estimate of drug-likeness (QED) is 0.189. The van der Waals surface area contributed by atoms with Crippen molar-refractivity contribution >= 4 is 35.5 Å². The maximum Gasteiger partial charge on any atom is 0.325 e. The predicted octanol–water partition coefficient (Wildman–Crippen LogP) is 4.09. The fraction of sp³-hybridized carbons (Fsp3) is 0.667. The number of carbonyl (C=O) groups is 6. The van der Waals surface area contributed by atoms with Crippen molar-refractivity contribution in [3.05, 3.63) is 36.5 Å². The number of nitrogens with two attached hydrogens (primary N) is 1. The van der Waals surface area contributed by atoms with E-state index in [1.54, 1.807) is 39.8 Å². The number of rotatable bonds is 11. The van der Waals surface area contributed by atoms with Crippen LogP contribution in [0.3, 0.4) is 0 Å². The van der Waals surface area contributed by atoms with Gasteiger partial charge in [0.05, 0.1) is 6.04 Å². The molecule has 4 atom stereocenters. The average molecular weight is 674 g/mol. The van der Waals surface area contributed by atoms with E-state index >= 15 is 0 Å². The molecule has 12 nitrogen and oxygen atoms in total. The summed E-state index contributed by atoms with van der Waals surface area (Å²) in [6, 6.07) is -3.86. The molecule has 0 radical (unpaired) electrons. The second-order valence-electron chi connectivity index (χ2n) is 14.0. The normalized spacial score (nSPS) is 20.4. The highest BCUT2D eigenvalue weighted by atomic mass is 16.5. The van der Waals surface area contributed by atoms with Crippen LogP contribution in [0.15, 0.2) is 36.5 Å². The lowest BCUT2D eigenvalue weighted by Crippen LogP contribution is -2.60. The SMILES string of the molecule is C=CC1=C(C=C)CC(OC(=O)CNC(=O)NC(C(=O)N2CC[C@H](C)C2C(=O)NC(C)C(=O)C(N)=O)C(C)(C)C)C1.CC1CCC1.CCC. The number of esters is 1. The van der Waals surface area contributed by atoms with Crippen molar-refractivity contribution in [2.24, 2.45) is 23.0 Å². The summed E-state index contributed by atoms with van der Waals surface area (Å²) in [5.41, 5.74) is 6.19. The summed E-state index contributed by atoms with van der Waals surface area (Å²) >= 11 is 0. The van der Waals surface area contributed by atoms with Gasteiger partial charge in [-0.3, -0.25) is 24.0 Å². The number of Topliss-reactive ketones (excluding diaryl/α,β-unsaturated/α-hetero) is 1. The lowest BCUT2D eigenvalue weighted by atomic mass is 9.85. The van der Waals surface area contributed by atoms with Gasteiger partial charge in [-0.1, -0.05) is 99.5 Å². The zero-order valence-electron chi connectivity index (χ0n) is 30.3. The van der Waals surface area contributed by atoms with E-state index < -0.39 is 65.6 Å². The number of hydrogen-bond donors (Lipinski definition) is 4. The van der Waals surface area contributed by atoms with Crippen molar-refractivity contribution in [2.45, 2.75) is 125 Å². The van der Waals surface area contributed by atoms with E-state index in [2.05, 4.69) is 49.9 Å². The Morgan fingerprint density at radius 2 is 1.50 bits per heavy atom.